The maximum Gasteiger partial charge on any atom is 0.210 e. The maximum absolute atomic E-state index is 10.6. The minimum absolute atomic E-state index is 0.222. The number of carbonyl (C=O) groups is 1. The molecule has 1 N–H and O–H groups in total. The summed E-state index contributed by atoms with van der Waals surface area (Å²) < 4.78 is 0. The van der Waals surface area contributed by atoms with Crippen LogP contribution in [0.4, 0.5) is 0 Å². The highest BCUT2D eigenvalue weighted by Gasteiger charge is 2.44. The van der Waals surface area contributed by atoms with Gasteiger partial charge in [-0.2, -0.15) is 0 Å². The minimum atomic E-state index is 0.222. The van der Waals surface area contributed by atoms with E-state index in [2.05, 4.69) is 5.32 Å². The van der Waals surface area contributed by atoms with E-state index in [9.17, 15) is 4.79 Å². The molecule has 1 unspecified atom stereocenters. The van der Waals surface area contributed by atoms with E-state index in [1.165, 1.54) is 19.3 Å². The molecule has 1 atom stereocenters. The first-order valence-corrected chi connectivity index (χ1v) is 4.30. The number of amides is 1. The SMILES string of the molecule is O=CN1CCC12CCCNC2. The number of rotatable bonds is 1. The number of hydrogen-bond acceptors (Lipinski definition) is 2. The van der Waals surface area contributed by atoms with Crippen molar-refractivity contribution in [2.75, 3.05) is 19.6 Å². The zero-order valence-corrected chi connectivity index (χ0v) is 6.68. The largest absolute Gasteiger partial charge is 0.338 e. The van der Waals surface area contributed by atoms with Gasteiger partial charge in [-0.3, -0.25) is 4.79 Å². The molecule has 2 aliphatic rings. The summed E-state index contributed by atoms with van der Waals surface area (Å²) in [7, 11) is 0. The fourth-order valence-corrected chi connectivity index (χ4v) is 2.13. The molecule has 0 aromatic heterocycles. The van der Waals surface area contributed by atoms with Gasteiger partial charge in [-0.05, 0) is 25.8 Å². The predicted octanol–water partition coefficient (Wildman–Crippen LogP) is -0.0293. The Bertz CT molecular complexity index is 163. The number of carbonyl (C=O) groups excluding carboxylic acids is 1. The zero-order valence-electron chi connectivity index (χ0n) is 6.68. The molecule has 0 radical (unpaired) electrons. The third-order valence-electron chi connectivity index (χ3n) is 3.00. The molecule has 2 fully saturated rings. The van der Waals surface area contributed by atoms with Crippen LogP contribution in [0.15, 0.2) is 0 Å². The van der Waals surface area contributed by atoms with Crippen molar-refractivity contribution in [2.24, 2.45) is 0 Å². The number of likely N-dealkylation sites (tertiary alicyclic amines) is 1. The van der Waals surface area contributed by atoms with Crippen molar-refractivity contribution >= 4 is 6.41 Å². The summed E-state index contributed by atoms with van der Waals surface area (Å²) in [6.45, 7) is 3.09. The van der Waals surface area contributed by atoms with Gasteiger partial charge in [-0.1, -0.05) is 0 Å². The van der Waals surface area contributed by atoms with Gasteiger partial charge in [0.15, 0.2) is 0 Å². The Labute approximate surface area is 66.8 Å². The lowest BCUT2D eigenvalue weighted by atomic mass is 9.79. The second kappa shape index (κ2) is 2.48. The second-order valence-corrected chi connectivity index (χ2v) is 3.55. The molecule has 0 aromatic carbocycles. The molecule has 0 aromatic rings. The molecule has 1 amide bonds. The van der Waals surface area contributed by atoms with Gasteiger partial charge < -0.3 is 10.2 Å². The van der Waals surface area contributed by atoms with Crippen LogP contribution in [0.2, 0.25) is 0 Å². The summed E-state index contributed by atoms with van der Waals surface area (Å²) >= 11 is 0. The number of hydrogen-bond donors (Lipinski definition) is 1. The quantitative estimate of drug-likeness (QED) is 0.538. The summed E-state index contributed by atoms with van der Waals surface area (Å²) in [4.78, 5) is 12.5. The Morgan fingerprint density at radius 1 is 1.45 bits per heavy atom. The van der Waals surface area contributed by atoms with Crippen LogP contribution in [0.25, 0.3) is 0 Å². The molecular weight excluding hydrogens is 140 g/mol. The molecule has 0 aliphatic carbocycles. The van der Waals surface area contributed by atoms with Gasteiger partial charge in [0.05, 0.1) is 5.54 Å². The lowest BCUT2D eigenvalue weighted by Crippen LogP contribution is -2.65. The number of nitrogens with zero attached hydrogens (tertiary/aromatic N) is 1. The van der Waals surface area contributed by atoms with Crippen molar-refractivity contribution in [1.82, 2.24) is 10.2 Å². The molecule has 11 heavy (non-hydrogen) atoms. The molecule has 3 nitrogen and oxygen atoms in total. The van der Waals surface area contributed by atoms with E-state index in [-0.39, 0.29) is 5.54 Å². The summed E-state index contributed by atoms with van der Waals surface area (Å²) in [6.07, 6.45) is 4.60. The molecule has 0 saturated carbocycles. The van der Waals surface area contributed by atoms with Gasteiger partial charge in [-0.15, -0.1) is 0 Å². The molecule has 2 heterocycles. The summed E-state index contributed by atoms with van der Waals surface area (Å²) in [5, 5.41) is 3.34. The Hall–Kier alpha value is -0.570. The Morgan fingerprint density at radius 3 is 2.82 bits per heavy atom. The van der Waals surface area contributed by atoms with Crippen LogP contribution in [0.5, 0.6) is 0 Å². The van der Waals surface area contributed by atoms with Crippen molar-refractivity contribution in [1.29, 1.82) is 0 Å². The van der Waals surface area contributed by atoms with Crippen LogP contribution >= 0.6 is 0 Å². The molecule has 2 saturated heterocycles. The third-order valence-corrected chi connectivity index (χ3v) is 3.00. The van der Waals surface area contributed by atoms with E-state index in [4.69, 9.17) is 0 Å². The van der Waals surface area contributed by atoms with E-state index in [1.807, 2.05) is 4.90 Å². The van der Waals surface area contributed by atoms with Crippen LogP contribution in [-0.2, 0) is 4.79 Å². The summed E-state index contributed by atoms with van der Waals surface area (Å²) in [5.74, 6) is 0. The van der Waals surface area contributed by atoms with E-state index >= 15 is 0 Å². The Morgan fingerprint density at radius 2 is 2.36 bits per heavy atom. The van der Waals surface area contributed by atoms with E-state index < -0.39 is 0 Å². The lowest BCUT2D eigenvalue weighted by Gasteiger charge is -2.53. The molecule has 2 aliphatic heterocycles. The van der Waals surface area contributed by atoms with Gasteiger partial charge in [-0.25, -0.2) is 0 Å². The third kappa shape index (κ3) is 0.948. The van der Waals surface area contributed by atoms with Crippen molar-refractivity contribution in [3.63, 3.8) is 0 Å². The van der Waals surface area contributed by atoms with Crippen molar-refractivity contribution in [2.45, 2.75) is 24.8 Å². The van der Waals surface area contributed by atoms with Crippen LogP contribution in [0.3, 0.4) is 0 Å². The second-order valence-electron chi connectivity index (χ2n) is 3.55. The fourth-order valence-electron chi connectivity index (χ4n) is 2.13. The Balaban J connectivity index is 2.02. The smallest absolute Gasteiger partial charge is 0.210 e. The van der Waals surface area contributed by atoms with Crippen LogP contribution in [0, 0.1) is 0 Å². The molecule has 2 rings (SSSR count). The first-order valence-electron chi connectivity index (χ1n) is 4.30. The predicted molar refractivity (Wildman–Crippen MR) is 42.2 cm³/mol. The van der Waals surface area contributed by atoms with Crippen molar-refractivity contribution in [3.05, 3.63) is 0 Å². The van der Waals surface area contributed by atoms with Crippen LogP contribution < -0.4 is 5.32 Å². The number of piperidine rings is 1. The van der Waals surface area contributed by atoms with E-state index in [0.29, 0.717) is 0 Å². The maximum atomic E-state index is 10.6. The Kier molecular flexibility index (Phi) is 1.60. The van der Waals surface area contributed by atoms with Gasteiger partial charge in [0.1, 0.15) is 0 Å². The van der Waals surface area contributed by atoms with Crippen molar-refractivity contribution in [3.8, 4) is 0 Å². The summed E-state index contributed by atoms with van der Waals surface area (Å²) in [6, 6.07) is 0. The first-order chi connectivity index (χ1) is 5.37. The lowest BCUT2D eigenvalue weighted by molar-refractivity contribution is -0.134. The van der Waals surface area contributed by atoms with Gasteiger partial charge in [0.25, 0.3) is 0 Å². The molecular formula is C8H14N2O. The normalized spacial score (nSPS) is 36.9. The first kappa shape index (κ1) is 7.10. The van der Waals surface area contributed by atoms with Crippen LogP contribution in [-0.4, -0.2) is 36.5 Å². The average Bonchev–Trinajstić information content (AvgIpc) is 2.05. The summed E-state index contributed by atoms with van der Waals surface area (Å²) in [5.41, 5.74) is 0.222. The van der Waals surface area contributed by atoms with E-state index in [1.54, 1.807) is 0 Å². The zero-order chi connectivity index (χ0) is 7.73. The number of nitrogens with one attached hydrogen (secondary N) is 1. The topological polar surface area (TPSA) is 32.3 Å². The monoisotopic (exact) mass is 154 g/mol. The van der Waals surface area contributed by atoms with E-state index in [0.717, 1.165) is 26.0 Å². The van der Waals surface area contributed by atoms with Gasteiger partial charge in [0.2, 0.25) is 6.41 Å². The van der Waals surface area contributed by atoms with Crippen molar-refractivity contribution < 1.29 is 4.79 Å². The van der Waals surface area contributed by atoms with Gasteiger partial charge in [0, 0.05) is 13.1 Å². The van der Waals surface area contributed by atoms with Gasteiger partial charge >= 0.3 is 0 Å². The standard InChI is InChI=1S/C8H14N2O/c11-7-10-5-3-8(10)2-1-4-9-6-8/h7,9H,1-6H2. The molecule has 1 spiro atoms. The van der Waals surface area contributed by atoms with Crippen LogP contribution in [0.1, 0.15) is 19.3 Å². The molecule has 3 heteroatoms. The average molecular weight is 154 g/mol. The fraction of sp³-hybridized carbons (Fsp3) is 0.875. The highest BCUT2D eigenvalue weighted by molar-refractivity contribution is 5.51. The highest BCUT2D eigenvalue weighted by atomic mass is 16.1. The molecule has 0 bridgehead atoms. The minimum Gasteiger partial charge on any atom is -0.338 e. The highest BCUT2D eigenvalue weighted by Crippen LogP contribution is 2.34. The molecule has 62 valence electrons.